The average molecular weight is 230 g/mol. The highest BCUT2D eigenvalue weighted by Crippen LogP contribution is 2.46. The lowest BCUT2D eigenvalue weighted by Gasteiger charge is -2.06. The van der Waals surface area contributed by atoms with Crippen molar-refractivity contribution in [2.45, 2.75) is 12.0 Å². The standard InChI is InChI=1S/C14H14O3/c1-16-13(15)12-10-14(12,17-2)9-8-11-6-4-3-5-7-11/h3-7,12H,10H2,1-2H3/t12-,14+/m0/s1. The third-order valence-corrected chi connectivity index (χ3v) is 2.95. The molecular formula is C14H14O3. The molecule has 0 heterocycles. The zero-order valence-corrected chi connectivity index (χ0v) is 9.90. The van der Waals surface area contributed by atoms with Gasteiger partial charge in [-0.1, -0.05) is 30.0 Å². The maximum Gasteiger partial charge on any atom is 0.312 e. The van der Waals surface area contributed by atoms with E-state index in [1.807, 2.05) is 30.3 Å². The fourth-order valence-electron chi connectivity index (χ4n) is 1.77. The minimum Gasteiger partial charge on any atom is -0.469 e. The van der Waals surface area contributed by atoms with E-state index in [0.717, 1.165) is 5.56 Å². The van der Waals surface area contributed by atoms with Crippen molar-refractivity contribution < 1.29 is 14.3 Å². The molecular weight excluding hydrogens is 216 g/mol. The molecule has 0 unspecified atom stereocenters. The first-order valence-corrected chi connectivity index (χ1v) is 5.43. The molecule has 2 rings (SSSR count). The Kier molecular flexibility index (Phi) is 3.16. The van der Waals surface area contributed by atoms with Crippen LogP contribution >= 0.6 is 0 Å². The molecule has 0 N–H and O–H groups in total. The van der Waals surface area contributed by atoms with Crippen LogP contribution in [0.4, 0.5) is 0 Å². The average Bonchev–Trinajstić information content (AvgIpc) is 3.12. The molecule has 0 radical (unpaired) electrons. The summed E-state index contributed by atoms with van der Waals surface area (Å²) in [5.41, 5.74) is 0.266. The molecule has 0 aliphatic heterocycles. The predicted molar refractivity (Wildman–Crippen MR) is 63.2 cm³/mol. The number of methoxy groups -OCH3 is 2. The second kappa shape index (κ2) is 4.60. The Hall–Kier alpha value is -1.79. The van der Waals surface area contributed by atoms with E-state index in [0.29, 0.717) is 6.42 Å². The Bertz CT molecular complexity index is 469. The summed E-state index contributed by atoms with van der Waals surface area (Å²) in [5, 5.41) is 0. The highest BCUT2D eigenvalue weighted by molar-refractivity contribution is 5.79. The van der Waals surface area contributed by atoms with Crippen molar-refractivity contribution in [1.82, 2.24) is 0 Å². The molecule has 1 aliphatic carbocycles. The lowest BCUT2D eigenvalue weighted by molar-refractivity contribution is -0.143. The molecule has 2 atom stereocenters. The van der Waals surface area contributed by atoms with Crippen LogP contribution in [0.1, 0.15) is 12.0 Å². The first kappa shape index (κ1) is 11.7. The highest BCUT2D eigenvalue weighted by atomic mass is 16.5. The van der Waals surface area contributed by atoms with Gasteiger partial charge in [0.05, 0.1) is 7.11 Å². The van der Waals surface area contributed by atoms with Gasteiger partial charge in [-0.25, -0.2) is 0 Å². The van der Waals surface area contributed by atoms with Crippen LogP contribution in [0.25, 0.3) is 0 Å². The molecule has 0 saturated heterocycles. The van der Waals surface area contributed by atoms with Crippen molar-refractivity contribution in [3.63, 3.8) is 0 Å². The summed E-state index contributed by atoms with van der Waals surface area (Å²) < 4.78 is 10.0. The van der Waals surface area contributed by atoms with E-state index in [2.05, 4.69) is 11.8 Å². The van der Waals surface area contributed by atoms with E-state index in [-0.39, 0.29) is 11.9 Å². The molecule has 1 aromatic rings. The third-order valence-electron chi connectivity index (χ3n) is 2.95. The molecule has 1 aliphatic rings. The summed E-state index contributed by atoms with van der Waals surface area (Å²) in [4.78, 5) is 11.4. The van der Waals surface area contributed by atoms with Gasteiger partial charge in [0.25, 0.3) is 0 Å². The maximum absolute atomic E-state index is 11.4. The van der Waals surface area contributed by atoms with Crippen molar-refractivity contribution >= 4 is 5.97 Å². The molecule has 0 spiro atoms. The molecule has 3 heteroatoms. The Morgan fingerprint density at radius 3 is 2.65 bits per heavy atom. The summed E-state index contributed by atoms with van der Waals surface area (Å²) in [6, 6.07) is 9.63. The summed E-state index contributed by atoms with van der Waals surface area (Å²) in [6.07, 6.45) is 0.607. The van der Waals surface area contributed by atoms with Crippen LogP contribution in [-0.2, 0) is 14.3 Å². The monoisotopic (exact) mass is 230 g/mol. The first-order chi connectivity index (χ1) is 8.22. The van der Waals surface area contributed by atoms with E-state index in [1.165, 1.54) is 7.11 Å². The second-order valence-corrected chi connectivity index (χ2v) is 3.99. The normalized spacial score (nSPS) is 25.6. The van der Waals surface area contributed by atoms with Gasteiger partial charge in [0.1, 0.15) is 11.5 Å². The number of rotatable bonds is 2. The molecule has 3 nitrogen and oxygen atoms in total. The Labute approximate surface area is 101 Å². The number of esters is 1. The van der Waals surface area contributed by atoms with E-state index < -0.39 is 5.60 Å². The van der Waals surface area contributed by atoms with Gasteiger partial charge in [-0.15, -0.1) is 0 Å². The second-order valence-electron chi connectivity index (χ2n) is 3.99. The van der Waals surface area contributed by atoms with Crippen LogP contribution in [0, 0.1) is 17.8 Å². The fraction of sp³-hybridized carbons (Fsp3) is 0.357. The molecule has 1 fully saturated rings. The highest BCUT2D eigenvalue weighted by Gasteiger charge is 2.59. The number of hydrogen-bond acceptors (Lipinski definition) is 3. The van der Waals surface area contributed by atoms with Gasteiger partial charge in [-0.05, 0) is 12.1 Å². The third kappa shape index (κ3) is 2.32. The zero-order valence-electron chi connectivity index (χ0n) is 9.90. The van der Waals surface area contributed by atoms with Crippen LogP contribution in [0.2, 0.25) is 0 Å². The number of benzene rings is 1. The topological polar surface area (TPSA) is 35.5 Å². The molecule has 1 saturated carbocycles. The fourth-order valence-corrected chi connectivity index (χ4v) is 1.77. The number of ether oxygens (including phenoxy) is 2. The molecule has 88 valence electrons. The summed E-state index contributed by atoms with van der Waals surface area (Å²) >= 11 is 0. The van der Waals surface area contributed by atoms with Gasteiger partial charge < -0.3 is 9.47 Å². The van der Waals surface area contributed by atoms with Gasteiger partial charge in [-0.2, -0.15) is 0 Å². The molecule has 0 bridgehead atoms. The van der Waals surface area contributed by atoms with Crippen molar-refractivity contribution in [3.8, 4) is 11.8 Å². The lowest BCUT2D eigenvalue weighted by atomic mass is 10.2. The largest absolute Gasteiger partial charge is 0.469 e. The van der Waals surface area contributed by atoms with E-state index in [4.69, 9.17) is 9.47 Å². The summed E-state index contributed by atoms with van der Waals surface area (Å²) in [5.74, 6) is 5.54. The van der Waals surface area contributed by atoms with Gasteiger partial charge in [0.2, 0.25) is 0 Å². The zero-order chi connectivity index (χ0) is 12.3. The lowest BCUT2D eigenvalue weighted by Crippen LogP contribution is -2.18. The Morgan fingerprint density at radius 2 is 2.06 bits per heavy atom. The van der Waals surface area contributed by atoms with Gasteiger partial charge in [0.15, 0.2) is 0 Å². The van der Waals surface area contributed by atoms with Crippen molar-refractivity contribution in [1.29, 1.82) is 0 Å². The predicted octanol–water partition coefficient (Wildman–Crippen LogP) is 1.62. The van der Waals surface area contributed by atoms with Crippen LogP contribution < -0.4 is 0 Å². The molecule has 0 aromatic heterocycles. The maximum atomic E-state index is 11.4. The summed E-state index contributed by atoms with van der Waals surface area (Å²) in [6.45, 7) is 0. The van der Waals surface area contributed by atoms with E-state index in [9.17, 15) is 4.79 Å². The smallest absolute Gasteiger partial charge is 0.312 e. The number of hydrogen-bond donors (Lipinski definition) is 0. The molecule has 0 amide bonds. The Morgan fingerprint density at radius 1 is 1.35 bits per heavy atom. The summed E-state index contributed by atoms with van der Waals surface area (Å²) in [7, 11) is 2.95. The minimum atomic E-state index is -0.650. The number of carbonyl (C=O) groups excluding carboxylic acids is 1. The van der Waals surface area contributed by atoms with E-state index >= 15 is 0 Å². The van der Waals surface area contributed by atoms with Crippen LogP contribution in [0.3, 0.4) is 0 Å². The van der Waals surface area contributed by atoms with Crippen molar-refractivity contribution in [3.05, 3.63) is 35.9 Å². The van der Waals surface area contributed by atoms with Gasteiger partial charge in [-0.3, -0.25) is 4.79 Å². The van der Waals surface area contributed by atoms with Crippen molar-refractivity contribution in [2.24, 2.45) is 5.92 Å². The SMILES string of the molecule is COC(=O)[C@@H]1C[C@@]1(C#Cc1ccccc1)OC. The van der Waals surface area contributed by atoms with E-state index in [1.54, 1.807) is 7.11 Å². The first-order valence-electron chi connectivity index (χ1n) is 5.43. The number of carbonyl (C=O) groups is 1. The van der Waals surface area contributed by atoms with Gasteiger partial charge >= 0.3 is 5.97 Å². The molecule has 17 heavy (non-hydrogen) atoms. The molecule has 1 aromatic carbocycles. The quantitative estimate of drug-likeness (QED) is 0.572. The minimum absolute atomic E-state index is 0.255. The van der Waals surface area contributed by atoms with Crippen LogP contribution in [-0.4, -0.2) is 25.8 Å². The van der Waals surface area contributed by atoms with Crippen molar-refractivity contribution in [2.75, 3.05) is 14.2 Å². The van der Waals surface area contributed by atoms with Gasteiger partial charge in [0, 0.05) is 19.1 Å². The van der Waals surface area contributed by atoms with Crippen LogP contribution in [0.5, 0.6) is 0 Å². The van der Waals surface area contributed by atoms with Crippen LogP contribution in [0.15, 0.2) is 30.3 Å². The Balaban J connectivity index is 2.14.